The van der Waals surface area contributed by atoms with Crippen molar-refractivity contribution in [1.82, 2.24) is 10.3 Å². The van der Waals surface area contributed by atoms with E-state index in [-0.39, 0.29) is 31.7 Å². The lowest BCUT2D eigenvalue weighted by Crippen LogP contribution is -2.35. The van der Waals surface area contributed by atoms with Crippen molar-refractivity contribution >= 4 is 0 Å². The SMILES string of the molecule is CC(C)NCC(O)COc1ncccc1OCCO[N+](=O)[O-]. The highest BCUT2D eigenvalue weighted by Crippen LogP contribution is 2.23. The fraction of sp³-hybridized carbons (Fsp3) is 0.615. The van der Waals surface area contributed by atoms with Crippen LogP contribution in [0.3, 0.4) is 0 Å². The van der Waals surface area contributed by atoms with Gasteiger partial charge in [-0.25, -0.2) is 4.98 Å². The molecule has 1 aromatic heterocycles. The molecule has 22 heavy (non-hydrogen) atoms. The summed E-state index contributed by atoms with van der Waals surface area (Å²) in [5.74, 6) is 0.547. The van der Waals surface area contributed by atoms with E-state index in [4.69, 9.17) is 9.47 Å². The van der Waals surface area contributed by atoms with E-state index in [1.807, 2.05) is 13.8 Å². The summed E-state index contributed by atoms with van der Waals surface area (Å²) in [5.41, 5.74) is 0. The zero-order valence-electron chi connectivity index (χ0n) is 12.6. The van der Waals surface area contributed by atoms with Crippen LogP contribution in [0.1, 0.15) is 13.8 Å². The van der Waals surface area contributed by atoms with Crippen LogP contribution in [0.5, 0.6) is 11.6 Å². The molecule has 0 saturated heterocycles. The highest BCUT2D eigenvalue weighted by molar-refractivity contribution is 5.32. The third-order valence-electron chi connectivity index (χ3n) is 2.45. The first kappa shape index (κ1) is 17.9. The van der Waals surface area contributed by atoms with Gasteiger partial charge in [-0.2, -0.15) is 0 Å². The predicted octanol–water partition coefficient (Wildman–Crippen LogP) is 0.406. The molecule has 0 aliphatic rings. The van der Waals surface area contributed by atoms with Gasteiger partial charge in [-0.15, -0.1) is 10.1 Å². The van der Waals surface area contributed by atoms with Crippen LogP contribution in [-0.4, -0.2) is 53.7 Å². The molecule has 0 radical (unpaired) electrons. The molecule has 1 aromatic rings. The van der Waals surface area contributed by atoms with Crippen LogP contribution >= 0.6 is 0 Å². The van der Waals surface area contributed by atoms with E-state index in [9.17, 15) is 15.2 Å². The van der Waals surface area contributed by atoms with E-state index < -0.39 is 11.2 Å². The molecule has 1 unspecified atom stereocenters. The molecule has 0 aromatic carbocycles. The topological polar surface area (TPSA) is 116 Å². The molecule has 0 aliphatic carbocycles. The van der Waals surface area contributed by atoms with Crippen LogP contribution in [-0.2, 0) is 4.84 Å². The van der Waals surface area contributed by atoms with Crippen LogP contribution < -0.4 is 14.8 Å². The number of nitrogens with zero attached hydrogens (tertiary/aromatic N) is 2. The van der Waals surface area contributed by atoms with Gasteiger partial charge < -0.3 is 24.7 Å². The van der Waals surface area contributed by atoms with Crippen LogP contribution in [0.4, 0.5) is 0 Å². The molecule has 0 aliphatic heterocycles. The first-order valence-electron chi connectivity index (χ1n) is 6.88. The van der Waals surface area contributed by atoms with Crippen LogP contribution in [0.2, 0.25) is 0 Å². The summed E-state index contributed by atoms with van der Waals surface area (Å²) < 4.78 is 10.7. The Kier molecular flexibility index (Phi) is 7.94. The van der Waals surface area contributed by atoms with Crippen molar-refractivity contribution in [2.45, 2.75) is 26.0 Å². The molecular weight excluding hydrogens is 294 g/mol. The van der Waals surface area contributed by atoms with E-state index in [0.29, 0.717) is 12.3 Å². The maximum absolute atomic E-state index is 10.0. The Morgan fingerprint density at radius 1 is 1.41 bits per heavy atom. The van der Waals surface area contributed by atoms with Gasteiger partial charge in [0.1, 0.15) is 25.9 Å². The van der Waals surface area contributed by atoms with E-state index >= 15 is 0 Å². The van der Waals surface area contributed by atoms with E-state index in [1.165, 1.54) is 6.20 Å². The first-order valence-corrected chi connectivity index (χ1v) is 6.88. The summed E-state index contributed by atoms with van der Waals surface area (Å²) in [6.45, 7) is 4.20. The third kappa shape index (κ3) is 7.60. The van der Waals surface area contributed by atoms with Gasteiger partial charge in [-0.3, -0.25) is 0 Å². The summed E-state index contributed by atoms with van der Waals surface area (Å²) in [6.07, 6.45) is 0.837. The highest BCUT2D eigenvalue weighted by atomic mass is 17.0. The average Bonchev–Trinajstić information content (AvgIpc) is 2.48. The minimum absolute atomic E-state index is 0.0134. The van der Waals surface area contributed by atoms with Crippen LogP contribution in [0.15, 0.2) is 18.3 Å². The number of aliphatic hydroxyl groups excluding tert-OH is 1. The molecule has 0 saturated carbocycles. The number of pyridine rings is 1. The molecule has 1 heterocycles. The van der Waals surface area contributed by atoms with Gasteiger partial charge in [0.15, 0.2) is 5.75 Å². The average molecular weight is 315 g/mol. The zero-order valence-corrected chi connectivity index (χ0v) is 12.6. The van der Waals surface area contributed by atoms with Crippen molar-refractivity contribution in [3.8, 4) is 11.6 Å². The van der Waals surface area contributed by atoms with Gasteiger partial charge in [-0.05, 0) is 12.1 Å². The Hall–Kier alpha value is -2.13. The van der Waals surface area contributed by atoms with Crippen LogP contribution in [0, 0.1) is 10.1 Å². The fourth-order valence-corrected chi connectivity index (χ4v) is 1.46. The largest absolute Gasteiger partial charge is 0.486 e. The lowest BCUT2D eigenvalue weighted by Gasteiger charge is -2.16. The lowest BCUT2D eigenvalue weighted by molar-refractivity contribution is -0.757. The van der Waals surface area contributed by atoms with Crippen LogP contribution in [0.25, 0.3) is 0 Å². The quantitative estimate of drug-likeness (QED) is 0.342. The van der Waals surface area contributed by atoms with E-state index in [2.05, 4.69) is 15.1 Å². The van der Waals surface area contributed by atoms with Gasteiger partial charge >= 0.3 is 0 Å². The summed E-state index contributed by atoms with van der Waals surface area (Å²) in [6, 6.07) is 3.53. The summed E-state index contributed by atoms with van der Waals surface area (Å²) in [5, 5.41) is 22.0. The van der Waals surface area contributed by atoms with Gasteiger partial charge in [-0.1, -0.05) is 13.8 Å². The third-order valence-corrected chi connectivity index (χ3v) is 2.45. The lowest BCUT2D eigenvalue weighted by atomic mass is 10.3. The molecule has 0 bridgehead atoms. The summed E-state index contributed by atoms with van der Waals surface area (Å²) in [7, 11) is 0. The molecule has 2 N–H and O–H groups in total. The minimum atomic E-state index is -0.887. The zero-order chi connectivity index (χ0) is 16.4. The maximum atomic E-state index is 10.0. The Morgan fingerprint density at radius 2 is 2.18 bits per heavy atom. The number of hydrogen-bond acceptors (Lipinski definition) is 8. The maximum Gasteiger partial charge on any atom is 0.294 e. The normalized spacial score (nSPS) is 12.0. The Morgan fingerprint density at radius 3 is 2.86 bits per heavy atom. The molecule has 9 heteroatoms. The monoisotopic (exact) mass is 315 g/mol. The van der Waals surface area contributed by atoms with Crippen molar-refractivity contribution in [3.63, 3.8) is 0 Å². The number of hydrogen-bond donors (Lipinski definition) is 2. The van der Waals surface area contributed by atoms with Crippen molar-refractivity contribution in [2.75, 3.05) is 26.4 Å². The Labute approximate surface area is 128 Å². The number of rotatable bonds is 11. The molecule has 1 atom stereocenters. The van der Waals surface area contributed by atoms with E-state index in [0.717, 1.165) is 0 Å². The number of nitrogens with one attached hydrogen (secondary N) is 1. The van der Waals surface area contributed by atoms with Gasteiger partial charge in [0.05, 0.1) is 0 Å². The van der Waals surface area contributed by atoms with Gasteiger partial charge in [0.2, 0.25) is 0 Å². The molecule has 9 nitrogen and oxygen atoms in total. The summed E-state index contributed by atoms with van der Waals surface area (Å²) in [4.78, 5) is 18.2. The van der Waals surface area contributed by atoms with Gasteiger partial charge in [0.25, 0.3) is 11.0 Å². The van der Waals surface area contributed by atoms with Crippen molar-refractivity contribution in [2.24, 2.45) is 0 Å². The molecule has 0 amide bonds. The predicted molar refractivity (Wildman–Crippen MR) is 77.3 cm³/mol. The van der Waals surface area contributed by atoms with Gasteiger partial charge in [0, 0.05) is 18.8 Å². The molecule has 1 rings (SSSR count). The smallest absolute Gasteiger partial charge is 0.294 e. The second-order valence-corrected chi connectivity index (χ2v) is 4.74. The van der Waals surface area contributed by atoms with Crippen molar-refractivity contribution < 1.29 is 24.5 Å². The summed E-state index contributed by atoms with van der Waals surface area (Å²) >= 11 is 0. The number of ether oxygens (including phenoxy) is 2. The second-order valence-electron chi connectivity index (χ2n) is 4.74. The molecule has 124 valence electrons. The Balaban J connectivity index is 2.41. The molecule has 0 spiro atoms. The van der Waals surface area contributed by atoms with Crippen molar-refractivity contribution in [1.29, 1.82) is 0 Å². The fourth-order valence-electron chi connectivity index (χ4n) is 1.46. The Bertz CT molecular complexity index is 457. The first-order chi connectivity index (χ1) is 10.5. The molecule has 0 fully saturated rings. The number of aliphatic hydroxyl groups is 1. The van der Waals surface area contributed by atoms with E-state index in [1.54, 1.807) is 12.1 Å². The minimum Gasteiger partial charge on any atom is -0.486 e. The molecular formula is C13H21N3O6. The number of aromatic nitrogens is 1. The highest BCUT2D eigenvalue weighted by Gasteiger charge is 2.10. The van der Waals surface area contributed by atoms with Crippen molar-refractivity contribution in [3.05, 3.63) is 28.4 Å². The standard InChI is InChI=1S/C13H21N3O6/c1-10(2)15-8-11(17)9-21-13-12(4-3-5-14-13)20-6-7-22-16(18)19/h3-5,10-11,15,17H,6-9H2,1-2H3. The second kappa shape index (κ2) is 9.74.